The van der Waals surface area contributed by atoms with Gasteiger partial charge in [-0.1, -0.05) is 0 Å². The van der Waals surface area contributed by atoms with Crippen molar-refractivity contribution < 1.29 is 0 Å². The van der Waals surface area contributed by atoms with Crippen molar-refractivity contribution in [1.82, 2.24) is 10.7 Å². The van der Waals surface area contributed by atoms with Crippen LogP contribution in [0.4, 0.5) is 0 Å². The highest BCUT2D eigenvalue weighted by Crippen LogP contribution is 1.82. The summed E-state index contributed by atoms with van der Waals surface area (Å²) < 4.78 is 0. The second-order valence-electron chi connectivity index (χ2n) is 2.70. The van der Waals surface area contributed by atoms with Gasteiger partial charge in [-0.3, -0.25) is 5.43 Å². The van der Waals surface area contributed by atoms with Crippen molar-refractivity contribution in [3.05, 3.63) is 10.4 Å². The van der Waals surface area contributed by atoms with Crippen LogP contribution in [0.5, 0.6) is 0 Å². The molecule has 0 bridgehead atoms. The largest absolute Gasteiger partial charge is 0.330 e. The molecule has 0 aromatic carbocycles. The van der Waals surface area contributed by atoms with Crippen LogP contribution < -0.4 is 16.5 Å². The van der Waals surface area contributed by atoms with E-state index in [1.54, 1.807) is 0 Å². The van der Waals surface area contributed by atoms with Gasteiger partial charge in [0, 0.05) is 0 Å². The van der Waals surface area contributed by atoms with Gasteiger partial charge in [0.05, 0.1) is 6.54 Å². The first-order chi connectivity index (χ1) is 6.41. The molecule has 13 heavy (non-hydrogen) atoms. The van der Waals surface area contributed by atoms with E-state index in [2.05, 4.69) is 20.9 Å². The quantitative estimate of drug-likeness (QED) is 0.161. The molecule has 6 nitrogen and oxygen atoms in total. The molecule has 0 rings (SSSR count). The average Bonchev–Trinajstić information content (AvgIpc) is 2.16. The number of hydrogen-bond donors (Lipinski definition) is 3. The van der Waals surface area contributed by atoms with Crippen LogP contribution >= 0.6 is 0 Å². The fourth-order valence-electron chi connectivity index (χ4n) is 0.893. The third-order valence-electron chi connectivity index (χ3n) is 1.57. The van der Waals surface area contributed by atoms with E-state index in [9.17, 15) is 0 Å². The Balaban J connectivity index is 2.87. The summed E-state index contributed by atoms with van der Waals surface area (Å²) in [6.45, 7) is 3.44. The molecule has 0 aliphatic rings. The Labute approximate surface area is 78.5 Å². The van der Waals surface area contributed by atoms with Crippen LogP contribution in [0.2, 0.25) is 0 Å². The monoisotopic (exact) mass is 186 g/mol. The Morgan fingerprint density at radius 1 is 1.15 bits per heavy atom. The number of nitrogens with one attached hydrogen (secondary N) is 2. The lowest BCUT2D eigenvalue weighted by molar-refractivity contribution is 0.584. The topological polar surface area (TPSA) is 98.8 Å². The van der Waals surface area contributed by atoms with Gasteiger partial charge in [0.25, 0.3) is 0 Å². The smallest absolute Gasteiger partial charge is 0.0871 e. The Morgan fingerprint density at radius 3 is 2.62 bits per heavy atom. The van der Waals surface area contributed by atoms with Crippen molar-refractivity contribution in [2.24, 2.45) is 11.0 Å². The maximum absolute atomic E-state index is 7.93. The summed E-state index contributed by atoms with van der Waals surface area (Å²) in [7, 11) is 0. The Kier molecular flexibility index (Phi) is 10.2. The minimum absolute atomic E-state index is 0.716. The van der Waals surface area contributed by atoms with Gasteiger partial charge in [0.1, 0.15) is 0 Å². The molecule has 0 aliphatic heterocycles. The number of hydrogen-bond acceptors (Lipinski definition) is 3. The predicted molar refractivity (Wildman–Crippen MR) is 52.9 cm³/mol. The lowest BCUT2D eigenvalue weighted by atomic mass is 10.3. The maximum Gasteiger partial charge on any atom is 0.0871 e. The van der Waals surface area contributed by atoms with Gasteiger partial charge in [0.2, 0.25) is 0 Å². The Hall–Kier alpha value is -0.970. The van der Waals surface area contributed by atoms with Gasteiger partial charge in [-0.25, -0.2) is 0 Å². The minimum Gasteiger partial charge on any atom is -0.330 e. The zero-order valence-electron chi connectivity index (χ0n) is 7.87. The van der Waals surface area contributed by atoms with Crippen molar-refractivity contribution >= 4 is 0 Å². The molecule has 0 saturated carbocycles. The molecule has 0 aromatic heterocycles. The predicted octanol–water partition coefficient (Wildman–Crippen LogP) is 0.520. The van der Waals surface area contributed by atoms with Crippen LogP contribution in [-0.2, 0) is 0 Å². The normalized spacial score (nSPS) is 9.31. The molecule has 0 radical (unpaired) electrons. The van der Waals surface area contributed by atoms with Crippen molar-refractivity contribution in [3.8, 4) is 0 Å². The van der Waals surface area contributed by atoms with Crippen LogP contribution in [-0.4, -0.2) is 26.2 Å². The minimum atomic E-state index is 0.716. The lowest BCUT2D eigenvalue weighted by Crippen LogP contribution is -2.20. The molecule has 6 heteroatoms. The molecule has 76 valence electrons. The molecule has 0 fully saturated rings. The van der Waals surface area contributed by atoms with E-state index in [0.717, 1.165) is 38.9 Å². The lowest BCUT2D eigenvalue weighted by Gasteiger charge is -2.01. The highest BCUT2D eigenvalue weighted by molar-refractivity contribution is 4.50. The Morgan fingerprint density at radius 2 is 1.92 bits per heavy atom. The zero-order valence-corrected chi connectivity index (χ0v) is 7.87. The van der Waals surface area contributed by atoms with Crippen LogP contribution in [0, 0.1) is 0 Å². The molecule has 0 saturated heterocycles. The first-order valence-electron chi connectivity index (χ1n) is 4.59. The van der Waals surface area contributed by atoms with E-state index in [1.165, 1.54) is 0 Å². The van der Waals surface area contributed by atoms with E-state index in [1.807, 2.05) is 0 Å². The summed E-state index contributed by atoms with van der Waals surface area (Å²) in [6, 6.07) is 0. The van der Waals surface area contributed by atoms with E-state index in [0.29, 0.717) is 6.54 Å². The van der Waals surface area contributed by atoms with Crippen molar-refractivity contribution in [1.29, 1.82) is 0 Å². The molecule has 0 unspecified atom stereocenters. The van der Waals surface area contributed by atoms with Gasteiger partial charge in [-0.05, 0) is 44.1 Å². The molecular formula is C7H18N6. The van der Waals surface area contributed by atoms with Crippen LogP contribution in [0.1, 0.15) is 19.3 Å². The number of unbranched alkanes of at least 4 members (excludes halogenated alkanes) is 1. The van der Waals surface area contributed by atoms with E-state index in [-0.39, 0.29) is 0 Å². The van der Waals surface area contributed by atoms with E-state index >= 15 is 0 Å². The molecular weight excluding hydrogens is 168 g/mol. The van der Waals surface area contributed by atoms with Gasteiger partial charge in [-0.2, -0.15) is 4.91 Å². The number of rotatable bonds is 9. The van der Waals surface area contributed by atoms with E-state index in [4.69, 9.17) is 11.3 Å². The number of nitrogens with zero attached hydrogens (tertiary/aromatic N) is 3. The second-order valence-corrected chi connectivity index (χ2v) is 2.70. The molecule has 4 N–H and O–H groups in total. The van der Waals surface area contributed by atoms with Crippen LogP contribution in [0.25, 0.3) is 10.4 Å². The number of azide groups is 1. The van der Waals surface area contributed by atoms with E-state index < -0.39 is 0 Å². The van der Waals surface area contributed by atoms with Crippen molar-refractivity contribution in [2.45, 2.75) is 19.3 Å². The first kappa shape index (κ1) is 12.0. The maximum atomic E-state index is 7.93. The standard InChI is InChI=1S/C7H18N6/c8-4-1-2-5-10-6-3-7-11-13-12-9/h10-11H,1-8H2. The summed E-state index contributed by atoms with van der Waals surface area (Å²) in [4.78, 5) is 2.57. The zero-order chi connectivity index (χ0) is 9.78. The molecule has 0 heterocycles. The summed E-state index contributed by atoms with van der Waals surface area (Å²) in [5, 5.41) is 6.47. The Bertz CT molecular complexity index is 142. The van der Waals surface area contributed by atoms with Crippen LogP contribution in [0.15, 0.2) is 5.22 Å². The highest BCUT2D eigenvalue weighted by Gasteiger charge is 1.88. The molecule has 0 amide bonds. The van der Waals surface area contributed by atoms with Crippen LogP contribution in [0.3, 0.4) is 0 Å². The summed E-state index contributed by atoms with van der Waals surface area (Å²) >= 11 is 0. The number of nitrogens with two attached hydrogens (primary N) is 1. The first-order valence-corrected chi connectivity index (χ1v) is 4.59. The second kappa shape index (κ2) is 11.0. The summed E-state index contributed by atoms with van der Waals surface area (Å²) in [5.41, 5.74) is 15.9. The summed E-state index contributed by atoms with van der Waals surface area (Å²) in [6.07, 6.45) is 3.16. The fourth-order valence-corrected chi connectivity index (χ4v) is 0.893. The molecule has 0 spiro atoms. The average molecular weight is 186 g/mol. The van der Waals surface area contributed by atoms with Gasteiger partial charge >= 0.3 is 0 Å². The molecule has 0 aromatic rings. The van der Waals surface area contributed by atoms with Gasteiger partial charge in [0.15, 0.2) is 0 Å². The van der Waals surface area contributed by atoms with Gasteiger partial charge < -0.3 is 11.1 Å². The highest BCUT2D eigenvalue weighted by atomic mass is 15.4. The molecule has 0 aliphatic carbocycles. The SMILES string of the molecule is [N-]=[N+]=NNCCCNCCCCN. The fraction of sp³-hybridized carbons (Fsp3) is 1.00. The van der Waals surface area contributed by atoms with Crippen molar-refractivity contribution in [3.63, 3.8) is 0 Å². The van der Waals surface area contributed by atoms with Crippen molar-refractivity contribution in [2.75, 3.05) is 26.2 Å². The van der Waals surface area contributed by atoms with Gasteiger partial charge in [-0.15, -0.1) is 5.53 Å². The third-order valence-corrected chi connectivity index (χ3v) is 1.57. The summed E-state index contributed by atoms with van der Waals surface area (Å²) in [5.74, 6) is 0. The third kappa shape index (κ3) is 11.0. The molecule has 0 atom stereocenters.